The maximum atomic E-state index is 2.42. The molecule has 0 unspecified atom stereocenters. The highest BCUT2D eigenvalue weighted by atomic mass is 14.3. The fourth-order valence-electron chi connectivity index (χ4n) is 6.95. The van der Waals surface area contributed by atoms with Gasteiger partial charge in [0.15, 0.2) is 0 Å². The molecule has 0 heteroatoms. The van der Waals surface area contributed by atoms with Crippen molar-refractivity contribution in [3.05, 3.63) is 59.7 Å². The Morgan fingerprint density at radius 2 is 1.00 bits per heavy atom. The van der Waals surface area contributed by atoms with Crippen molar-refractivity contribution in [3.8, 4) is 11.1 Å². The third kappa shape index (κ3) is 8.23. The zero-order valence-electron chi connectivity index (χ0n) is 22.9. The van der Waals surface area contributed by atoms with Gasteiger partial charge in [0.25, 0.3) is 0 Å². The van der Waals surface area contributed by atoms with Gasteiger partial charge >= 0.3 is 0 Å². The van der Waals surface area contributed by atoms with E-state index in [0.717, 1.165) is 23.7 Å². The average Bonchev–Trinajstić information content (AvgIpc) is 2.92. The molecule has 0 saturated heterocycles. The second kappa shape index (κ2) is 14.2. The van der Waals surface area contributed by atoms with Gasteiger partial charge in [0.2, 0.25) is 0 Å². The van der Waals surface area contributed by atoms with E-state index in [1.54, 1.807) is 5.56 Å². The molecule has 0 N–H and O–H groups in total. The maximum Gasteiger partial charge on any atom is -0.0162 e. The van der Waals surface area contributed by atoms with Crippen molar-refractivity contribution in [3.63, 3.8) is 0 Å². The highest BCUT2D eigenvalue weighted by Gasteiger charge is 2.22. The lowest BCUT2D eigenvalue weighted by Crippen LogP contribution is -2.15. The minimum absolute atomic E-state index is 0.788. The van der Waals surface area contributed by atoms with Crippen molar-refractivity contribution in [2.75, 3.05) is 0 Å². The lowest BCUT2D eigenvalue weighted by atomic mass is 9.77. The Kier molecular flexibility index (Phi) is 10.8. The highest BCUT2D eigenvalue weighted by molar-refractivity contribution is 5.64. The molecule has 0 aromatic heterocycles. The van der Waals surface area contributed by atoms with Gasteiger partial charge in [0.1, 0.15) is 0 Å². The van der Waals surface area contributed by atoms with E-state index in [1.165, 1.54) is 126 Å². The lowest BCUT2D eigenvalue weighted by molar-refractivity contribution is 0.249. The number of benzene rings is 2. The summed E-state index contributed by atoms with van der Waals surface area (Å²) in [7, 11) is 0. The Labute approximate surface area is 217 Å². The standard InChI is InChI=1S/C35H52/c1-3-5-7-9-29-10-12-30(13-11-29)14-15-31-18-22-33(23-19-31)35-26-24-34(25-27-35)32-20-16-28(17-21-32)8-6-4-2/h18-19,22-30,32H,3-17,20-21H2,1-2H3. The molecule has 2 fully saturated rings. The molecule has 2 aliphatic rings. The van der Waals surface area contributed by atoms with Gasteiger partial charge in [0.05, 0.1) is 0 Å². The Hall–Kier alpha value is -1.56. The van der Waals surface area contributed by atoms with Gasteiger partial charge in [-0.05, 0) is 84.5 Å². The summed E-state index contributed by atoms with van der Waals surface area (Å²) in [6.07, 6.45) is 24.2. The summed E-state index contributed by atoms with van der Waals surface area (Å²) in [4.78, 5) is 0. The minimum atomic E-state index is 0.788. The SMILES string of the molecule is CCCCCC1CCC(CCc2ccc(-c3ccc(C4CCC(CCCC)CC4)cc3)cc2)CC1. The van der Waals surface area contributed by atoms with E-state index in [2.05, 4.69) is 62.4 Å². The molecule has 0 aliphatic heterocycles. The van der Waals surface area contributed by atoms with Gasteiger partial charge in [-0.1, -0.05) is 133 Å². The molecule has 192 valence electrons. The van der Waals surface area contributed by atoms with Gasteiger partial charge in [0, 0.05) is 0 Å². The van der Waals surface area contributed by atoms with Gasteiger partial charge in [-0.3, -0.25) is 0 Å². The highest BCUT2D eigenvalue weighted by Crippen LogP contribution is 2.38. The predicted molar refractivity (Wildman–Crippen MR) is 154 cm³/mol. The van der Waals surface area contributed by atoms with E-state index in [9.17, 15) is 0 Å². The first-order valence-electron chi connectivity index (χ1n) is 15.4. The second-order valence-electron chi connectivity index (χ2n) is 12.1. The van der Waals surface area contributed by atoms with Crippen LogP contribution in [-0.4, -0.2) is 0 Å². The maximum absolute atomic E-state index is 2.42. The van der Waals surface area contributed by atoms with Crippen LogP contribution in [0.15, 0.2) is 48.5 Å². The van der Waals surface area contributed by atoms with Crippen molar-refractivity contribution in [2.24, 2.45) is 17.8 Å². The average molecular weight is 473 g/mol. The Morgan fingerprint density at radius 1 is 0.514 bits per heavy atom. The smallest absolute Gasteiger partial charge is 0.0162 e. The fraction of sp³-hybridized carbons (Fsp3) is 0.657. The van der Waals surface area contributed by atoms with E-state index in [0.29, 0.717) is 0 Å². The van der Waals surface area contributed by atoms with Crippen LogP contribution in [0.1, 0.15) is 134 Å². The van der Waals surface area contributed by atoms with Crippen LogP contribution in [0.4, 0.5) is 0 Å². The number of rotatable bonds is 12. The van der Waals surface area contributed by atoms with Gasteiger partial charge < -0.3 is 0 Å². The molecular formula is C35H52. The zero-order valence-corrected chi connectivity index (χ0v) is 22.9. The molecular weight excluding hydrogens is 420 g/mol. The third-order valence-electron chi connectivity index (χ3n) is 9.51. The topological polar surface area (TPSA) is 0 Å². The van der Waals surface area contributed by atoms with E-state index in [-0.39, 0.29) is 0 Å². The summed E-state index contributed by atoms with van der Waals surface area (Å²) in [6.45, 7) is 4.64. The Balaban J connectivity index is 1.20. The first-order chi connectivity index (χ1) is 17.2. The monoisotopic (exact) mass is 472 g/mol. The molecule has 0 bridgehead atoms. The van der Waals surface area contributed by atoms with E-state index in [4.69, 9.17) is 0 Å². The summed E-state index contributed by atoms with van der Waals surface area (Å²) in [5.74, 6) is 3.78. The molecule has 0 atom stereocenters. The lowest BCUT2D eigenvalue weighted by Gasteiger charge is -2.29. The van der Waals surface area contributed by atoms with Gasteiger partial charge in [-0.15, -0.1) is 0 Å². The van der Waals surface area contributed by atoms with E-state index in [1.807, 2.05) is 0 Å². The van der Waals surface area contributed by atoms with Gasteiger partial charge in [-0.25, -0.2) is 0 Å². The summed E-state index contributed by atoms with van der Waals surface area (Å²) < 4.78 is 0. The molecule has 4 rings (SSSR count). The van der Waals surface area contributed by atoms with Crippen LogP contribution < -0.4 is 0 Å². The van der Waals surface area contributed by atoms with Crippen LogP contribution in [0.5, 0.6) is 0 Å². The molecule has 0 amide bonds. The summed E-state index contributed by atoms with van der Waals surface area (Å²) in [5.41, 5.74) is 5.84. The third-order valence-corrected chi connectivity index (χ3v) is 9.51. The van der Waals surface area contributed by atoms with Crippen LogP contribution in [-0.2, 0) is 6.42 Å². The first kappa shape index (κ1) is 26.5. The van der Waals surface area contributed by atoms with Gasteiger partial charge in [-0.2, -0.15) is 0 Å². The van der Waals surface area contributed by atoms with Crippen molar-refractivity contribution >= 4 is 0 Å². The largest absolute Gasteiger partial charge is 0.0654 e. The fourth-order valence-corrected chi connectivity index (χ4v) is 6.95. The quantitative estimate of drug-likeness (QED) is 0.269. The molecule has 0 radical (unpaired) electrons. The molecule has 0 spiro atoms. The molecule has 2 saturated carbocycles. The van der Waals surface area contributed by atoms with Crippen molar-refractivity contribution in [1.29, 1.82) is 0 Å². The number of unbranched alkanes of at least 4 members (excludes halogenated alkanes) is 3. The van der Waals surface area contributed by atoms with Crippen LogP contribution in [0.3, 0.4) is 0 Å². The molecule has 35 heavy (non-hydrogen) atoms. The number of hydrogen-bond donors (Lipinski definition) is 0. The Bertz CT molecular complexity index is 813. The van der Waals surface area contributed by atoms with Crippen LogP contribution >= 0.6 is 0 Å². The van der Waals surface area contributed by atoms with Crippen molar-refractivity contribution in [1.82, 2.24) is 0 Å². The first-order valence-corrected chi connectivity index (χ1v) is 15.4. The van der Waals surface area contributed by atoms with Crippen LogP contribution in [0, 0.1) is 17.8 Å². The summed E-state index contributed by atoms with van der Waals surface area (Å²) in [6, 6.07) is 19.0. The zero-order chi connectivity index (χ0) is 24.3. The predicted octanol–water partition coefficient (Wildman–Crippen LogP) is 11.1. The second-order valence-corrected chi connectivity index (χ2v) is 12.1. The summed E-state index contributed by atoms with van der Waals surface area (Å²) in [5, 5.41) is 0. The molecule has 0 heterocycles. The van der Waals surface area contributed by atoms with Crippen LogP contribution in [0.25, 0.3) is 11.1 Å². The molecule has 2 aliphatic carbocycles. The summed E-state index contributed by atoms with van der Waals surface area (Å²) >= 11 is 0. The minimum Gasteiger partial charge on any atom is -0.0654 e. The molecule has 2 aromatic carbocycles. The number of hydrogen-bond acceptors (Lipinski definition) is 0. The normalized spacial score (nSPS) is 25.0. The number of aryl methyl sites for hydroxylation is 1. The van der Waals surface area contributed by atoms with Crippen molar-refractivity contribution in [2.45, 2.75) is 129 Å². The van der Waals surface area contributed by atoms with E-state index < -0.39 is 0 Å². The van der Waals surface area contributed by atoms with Crippen molar-refractivity contribution < 1.29 is 0 Å². The Morgan fingerprint density at radius 3 is 1.57 bits per heavy atom. The van der Waals surface area contributed by atoms with E-state index >= 15 is 0 Å². The molecule has 0 nitrogen and oxygen atoms in total. The van der Waals surface area contributed by atoms with Crippen LogP contribution in [0.2, 0.25) is 0 Å². The molecule has 2 aromatic rings.